The molecule has 4 rings (SSSR count). The quantitative estimate of drug-likeness (QED) is 0.715. The first-order valence-electron chi connectivity index (χ1n) is 9.56. The average molecular weight is 414 g/mol. The molecule has 2 atom stereocenters. The molecule has 0 fully saturated rings. The number of ketones is 1. The fourth-order valence-corrected chi connectivity index (χ4v) is 4.54. The topological polar surface area (TPSA) is 46.2 Å². The fourth-order valence-electron chi connectivity index (χ4n) is 4.24. The number of Topliss-reactive ketones (excluding diaryl/α,β-unsaturated/α-hetero) is 1. The molecule has 0 saturated heterocycles. The van der Waals surface area contributed by atoms with Gasteiger partial charge in [0.05, 0.1) is 10.0 Å². The molecule has 28 heavy (non-hydrogen) atoms. The minimum Gasteiger partial charge on any atom is -0.329 e. The fraction of sp³-hybridized carbons (Fsp3) is 0.304. The van der Waals surface area contributed by atoms with Gasteiger partial charge in [-0.05, 0) is 47.6 Å². The van der Waals surface area contributed by atoms with Crippen LogP contribution in [-0.2, 0) is 16.0 Å². The van der Waals surface area contributed by atoms with Crippen LogP contribution in [0.25, 0.3) is 0 Å². The van der Waals surface area contributed by atoms with Crippen molar-refractivity contribution in [1.29, 1.82) is 0 Å². The van der Waals surface area contributed by atoms with Crippen LogP contribution in [0.15, 0.2) is 53.7 Å². The van der Waals surface area contributed by atoms with Crippen LogP contribution in [0, 0.1) is 0 Å². The molecule has 1 aliphatic carbocycles. The highest BCUT2D eigenvalue weighted by molar-refractivity contribution is 6.42. The Morgan fingerprint density at radius 2 is 1.64 bits per heavy atom. The van der Waals surface area contributed by atoms with Gasteiger partial charge in [0, 0.05) is 30.0 Å². The molecule has 0 saturated carbocycles. The summed E-state index contributed by atoms with van der Waals surface area (Å²) in [6.07, 6.45) is 2.35. The van der Waals surface area contributed by atoms with Crippen LogP contribution in [0.2, 0.25) is 10.0 Å². The van der Waals surface area contributed by atoms with E-state index in [1.54, 1.807) is 12.1 Å². The van der Waals surface area contributed by atoms with Gasteiger partial charge < -0.3 is 5.32 Å². The van der Waals surface area contributed by atoms with Crippen molar-refractivity contribution in [1.82, 2.24) is 5.32 Å². The maximum Gasteiger partial charge on any atom is 0.225 e. The van der Waals surface area contributed by atoms with Crippen molar-refractivity contribution in [2.45, 2.75) is 44.4 Å². The third-order valence-electron chi connectivity index (χ3n) is 5.74. The number of allylic oxidation sites excluding steroid dienone is 2. The Kier molecular flexibility index (Phi) is 5.31. The van der Waals surface area contributed by atoms with Crippen LogP contribution >= 0.6 is 23.2 Å². The Balaban J connectivity index is 1.69. The molecule has 2 unspecified atom stereocenters. The van der Waals surface area contributed by atoms with Crippen molar-refractivity contribution in [3.05, 3.63) is 80.5 Å². The van der Waals surface area contributed by atoms with E-state index in [9.17, 15) is 9.59 Å². The van der Waals surface area contributed by atoms with E-state index in [0.29, 0.717) is 22.9 Å². The van der Waals surface area contributed by atoms with Gasteiger partial charge in [0.2, 0.25) is 5.91 Å². The van der Waals surface area contributed by atoms with Gasteiger partial charge in [-0.1, -0.05) is 60.5 Å². The van der Waals surface area contributed by atoms with E-state index in [-0.39, 0.29) is 29.9 Å². The molecule has 1 aliphatic heterocycles. The van der Waals surface area contributed by atoms with Crippen molar-refractivity contribution < 1.29 is 9.59 Å². The average Bonchev–Trinajstić information content (AvgIpc) is 2.69. The highest BCUT2D eigenvalue weighted by Gasteiger charge is 2.38. The lowest BCUT2D eigenvalue weighted by atomic mass is 9.73. The molecule has 2 aromatic rings. The standard InChI is InChI=1S/C23H21Cl2NO2/c1-2-13-3-5-14(6-4-13)16-10-20-23(21(27)11-16)17(12-22(28)26-20)15-7-8-18(24)19(25)9-15/h3-9,16-17H,2,10-12H2,1H3,(H,26,28). The van der Waals surface area contributed by atoms with Gasteiger partial charge in [-0.3, -0.25) is 9.59 Å². The first-order chi connectivity index (χ1) is 13.5. The summed E-state index contributed by atoms with van der Waals surface area (Å²) in [5, 5.41) is 3.86. The Morgan fingerprint density at radius 1 is 0.929 bits per heavy atom. The van der Waals surface area contributed by atoms with E-state index in [2.05, 4.69) is 36.5 Å². The summed E-state index contributed by atoms with van der Waals surface area (Å²) >= 11 is 12.2. The van der Waals surface area contributed by atoms with Crippen molar-refractivity contribution in [2.75, 3.05) is 0 Å². The lowest BCUT2D eigenvalue weighted by molar-refractivity contribution is -0.122. The number of amides is 1. The van der Waals surface area contributed by atoms with E-state index < -0.39 is 0 Å². The maximum atomic E-state index is 13.1. The zero-order chi connectivity index (χ0) is 19.8. The van der Waals surface area contributed by atoms with Crippen molar-refractivity contribution in [3.63, 3.8) is 0 Å². The van der Waals surface area contributed by atoms with Crippen molar-refractivity contribution in [3.8, 4) is 0 Å². The Bertz CT molecular complexity index is 979. The van der Waals surface area contributed by atoms with E-state index >= 15 is 0 Å². The Labute approximate surface area is 174 Å². The number of nitrogens with one attached hydrogen (secondary N) is 1. The number of carbonyl (C=O) groups is 2. The molecule has 1 heterocycles. The third kappa shape index (κ3) is 3.61. The predicted octanol–water partition coefficient (Wildman–Crippen LogP) is 5.56. The van der Waals surface area contributed by atoms with E-state index in [1.807, 2.05) is 6.07 Å². The highest BCUT2D eigenvalue weighted by Crippen LogP contribution is 2.43. The minimum absolute atomic E-state index is 0.0652. The van der Waals surface area contributed by atoms with Gasteiger partial charge in [-0.25, -0.2) is 0 Å². The summed E-state index contributed by atoms with van der Waals surface area (Å²) < 4.78 is 0. The number of carbonyl (C=O) groups excluding carboxylic acids is 2. The van der Waals surface area contributed by atoms with Crippen molar-refractivity contribution in [2.24, 2.45) is 0 Å². The highest BCUT2D eigenvalue weighted by atomic mass is 35.5. The molecule has 0 radical (unpaired) electrons. The van der Waals surface area contributed by atoms with Gasteiger partial charge in [0.25, 0.3) is 0 Å². The normalized spacial score (nSPS) is 22.1. The van der Waals surface area contributed by atoms with Crippen LogP contribution in [-0.4, -0.2) is 11.7 Å². The molecular weight excluding hydrogens is 393 g/mol. The number of halogens is 2. The van der Waals surface area contributed by atoms with Crippen LogP contribution in [0.4, 0.5) is 0 Å². The molecular formula is C23H21Cl2NO2. The number of benzene rings is 2. The predicted molar refractivity (Wildman–Crippen MR) is 112 cm³/mol. The second-order valence-electron chi connectivity index (χ2n) is 7.49. The van der Waals surface area contributed by atoms with Crippen LogP contribution < -0.4 is 5.32 Å². The Morgan fingerprint density at radius 3 is 2.32 bits per heavy atom. The summed E-state index contributed by atoms with van der Waals surface area (Å²) in [6.45, 7) is 2.12. The summed E-state index contributed by atoms with van der Waals surface area (Å²) in [5.41, 5.74) is 4.75. The molecule has 0 bridgehead atoms. The molecule has 5 heteroatoms. The van der Waals surface area contributed by atoms with Gasteiger partial charge >= 0.3 is 0 Å². The Hall–Kier alpha value is -2.10. The second kappa shape index (κ2) is 7.73. The van der Waals surface area contributed by atoms with Gasteiger partial charge in [0.15, 0.2) is 5.78 Å². The zero-order valence-corrected chi connectivity index (χ0v) is 17.1. The molecule has 2 aromatic carbocycles. The lowest BCUT2D eigenvalue weighted by Gasteiger charge is -2.34. The van der Waals surface area contributed by atoms with Crippen LogP contribution in [0.5, 0.6) is 0 Å². The summed E-state index contributed by atoms with van der Waals surface area (Å²) in [5.74, 6) is -0.147. The molecule has 1 amide bonds. The van der Waals surface area contributed by atoms with Crippen molar-refractivity contribution >= 4 is 34.9 Å². The second-order valence-corrected chi connectivity index (χ2v) is 8.31. The summed E-state index contributed by atoms with van der Waals surface area (Å²) in [6, 6.07) is 13.8. The number of hydrogen-bond donors (Lipinski definition) is 1. The first-order valence-corrected chi connectivity index (χ1v) is 10.3. The largest absolute Gasteiger partial charge is 0.329 e. The molecule has 0 aromatic heterocycles. The number of aryl methyl sites for hydroxylation is 1. The molecule has 144 valence electrons. The number of rotatable bonds is 3. The van der Waals surface area contributed by atoms with E-state index in [4.69, 9.17) is 23.2 Å². The van der Waals surface area contributed by atoms with E-state index in [0.717, 1.165) is 28.8 Å². The van der Waals surface area contributed by atoms with Crippen LogP contribution in [0.1, 0.15) is 54.7 Å². The molecule has 0 spiro atoms. The molecule has 1 N–H and O–H groups in total. The minimum atomic E-state index is -0.269. The van der Waals surface area contributed by atoms with Gasteiger partial charge in [-0.15, -0.1) is 0 Å². The maximum absolute atomic E-state index is 13.1. The number of hydrogen-bond acceptors (Lipinski definition) is 2. The van der Waals surface area contributed by atoms with E-state index in [1.165, 1.54) is 5.56 Å². The summed E-state index contributed by atoms with van der Waals surface area (Å²) in [4.78, 5) is 25.5. The summed E-state index contributed by atoms with van der Waals surface area (Å²) in [7, 11) is 0. The van der Waals surface area contributed by atoms with Gasteiger partial charge in [0.1, 0.15) is 0 Å². The lowest BCUT2D eigenvalue weighted by Crippen LogP contribution is -2.38. The zero-order valence-electron chi connectivity index (χ0n) is 15.6. The smallest absolute Gasteiger partial charge is 0.225 e. The molecule has 3 nitrogen and oxygen atoms in total. The molecule has 2 aliphatic rings. The first kappa shape index (κ1) is 19.2. The van der Waals surface area contributed by atoms with Gasteiger partial charge in [-0.2, -0.15) is 0 Å². The monoisotopic (exact) mass is 413 g/mol. The SMILES string of the molecule is CCc1ccc(C2CC(=O)C3=C(C2)NC(=O)CC3c2ccc(Cl)c(Cl)c2)cc1. The van der Waals surface area contributed by atoms with Crippen LogP contribution in [0.3, 0.4) is 0 Å². The third-order valence-corrected chi connectivity index (χ3v) is 6.48.